The monoisotopic (exact) mass is 424 g/mol. The lowest BCUT2D eigenvalue weighted by Gasteiger charge is -2.12. The molecule has 5 rings (SSSR count). The first kappa shape index (κ1) is 19.2. The smallest absolute Gasteiger partial charge is 0.256 e. The number of amides is 1. The minimum Gasteiger partial charge on any atom is -0.322 e. The van der Waals surface area contributed by atoms with Gasteiger partial charge in [-0.3, -0.25) is 4.79 Å². The summed E-state index contributed by atoms with van der Waals surface area (Å²) >= 11 is 0. The molecule has 3 aromatic rings. The summed E-state index contributed by atoms with van der Waals surface area (Å²) in [6, 6.07) is 9.32. The van der Waals surface area contributed by atoms with Crippen LogP contribution in [0.5, 0.6) is 0 Å². The zero-order valence-corrected chi connectivity index (χ0v) is 17.9. The Morgan fingerprint density at radius 3 is 2.50 bits per heavy atom. The van der Waals surface area contributed by atoms with Gasteiger partial charge in [0.2, 0.25) is 0 Å². The van der Waals surface area contributed by atoms with Crippen LogP contribution in [0.1, 0.15) is 58.5 Å². The number of hydrogen-bond acceptors (Lipinski definition) is 5. The largest absolute Gasteiger partial charge is 0.322 e. The lowest BCUT2D eigenvalue weighted by Crippen LogP contribution is -2.15. The van der Waals surface area contributed by atoms with Gasteiger partial charge in [-0.2, -0.15) is 5.10 Å². The van der Waals surface area contributed by atoms with Gasteiger partial charge in [0.25, 0.3) is 5.91 Å². The fourth-order valence-electron chi connectivity index (χ4n) is 4.16. The zero-order valence-electron chi connectivity index (χ0n) is 17.1. The Bertz CT molecular complexity index is 1260. The molecule has 1 aliphatic carbocycles. The number of rotatable bonds is 4. The van der Waals surface area contributed by atoms with Crippen LogP contribution in [-0.2, 0) is 9.84 Å². The second-order valence-electron chi connectivity index (χ2n) is 8.47. The van der Waals surface area contributed by atoms with Gasteiger partial charge in [-0.15, -0.1) is 0 Å². The summed E-state index contributed by atoms with van der Waals surface area (Å²) in [6.07, 6.45) is 2.64. The number of pyridine rings is 1. The Balaban J connectivity index is 1.60. The molecule has 1 amide bonds. The number of nitrogens with zero attached hydrogens (tertiary/aromatic N) is 3. The predicted molar refractivity (Wildman–Crippen MR) is 116 cm³/mol. The second kappa shape index (κ2) is 6.91. The Labute approximate surface area is 175 Å². The fourth-order valence-corrected chi connectivity index (χ4v) is 5.85. The van der Waals surface area contributed by atoms with Crippen molar-refractivity contribution in [2.24, 2.45) is 0 Å². The van der Waals surface area contributed by atoms with Crippen molar-refractivity contribution in [1.82, 2.24) is 14.8 Å². The van der Waals surface area contributed by atoms with Gasteiger partial charge in [0.1, 0.15) is 0 Å². The van der Waals surface area contributed by atoms with Crippen molar-refractivity contribution in [3.8, 4) is 0 Å². The van der Waals surface area contributed by atoms with E-state index >= 15 is 0 Å². The van der Waals surface area contributed by atoms with Crippen LogP contribution in [0, 0.1) is 13.8 Å². The van der Waals surface area contributed by atoms with Gasteiger partial charge < -0.3 is 5.32 Å². The van der Waals surface area contributed by atoms with E-state index in [0.29, 0.717) is 34.6 Å². The molecule has 0 spiro atoms. The first-order valence-electron chi connectivity index (χ1n) is 10.3. The second-order valence-corrected chi connectivity index (χ2v) is 10.7. The van der Waals surface area contributed by atoms with Gasteiger partial charge in [-0.1, -0.05) is 17.7 Å². The standard InChI is InChI=1S/C22H24N4O3S/c1-13-3-7-16(8-4-13)23-22(27)18-11-19(15-5-6-15)24-21-20(18)14(2)25-26(21)17-9-10-30(28,29)12-17/h3-4,7-8,11,15,17H,5-6,9-10,12H2,1-2H3,(H,23,27)/t17-/m1/s1. The molecule has 7 nitrogen and oxygen atoms in total. The van der Waals surface area contributed by atoms with Gasteiger partial charge >= 0.3 is 0 Å². The molecular formula is C22H24N4O3S. The van der Waals surface area contributed by atoms with Gasteiger partial charge in [-0.05, 0) is 51.3 Å². The van der Waals surface area contributed by atoms with Gasteiger partial charge in [0, 0.05) is 17.3 Å². The van der Waals surface area contributed by atoms with Gasteiger partial charge in [0.15, 0.2) is 15.5 Å². The summed E-state index contributed by atoms with van der Waals surface area (Å²) in [5.74, 6) is 0.399. The topological polar surface area (TPSA) is 93.9 Å². The first-order valence-corrected chi connectivity index (χ1v) is 12.1. The molecule has 3 heterocycles. The third-order valence-corrected chi connectivity index (χ3v) is 7.71. The summed E-state index contributed by atoms with van der Waals surface area (Å²) in [5.41, 5.74) is 4.60. The maximum Gasteiger partial charge on any atom is 0.256 e. The van der Waals surface area contributed by atoms with E-state index in [4.69, 9.17) is 4.98 Å². The van der Waals surface area contributed by atoms with Gasteiger partial charge in [0.05, 0.1) is 34.2 Å². The summed E-state index contributed by atoms with van der Waals surface area (Å²) in [6.45, 7) is 3.85. The van der Waals surface area contributed by atoms with E-state index in [2.05, 4.69) is 10.4 Å². The highest BCUT2D eigenvalue weighted by atomic mass is 32.2. The van der Waals surface area contributed by atoms with Crippen molar-refractivity contribution in [2.75, 3.05) is 16.8 Å². The normalized spacial score (nSPS) is 20.5. The van der Waals surface area contributed by atoms with Gasteiger partial charge in [-0.25, -0.2) is 18.1 Å². The molecule has 30 heavy (non-hydrogen) atoms. The van der Waals surface area contributed by atoms with Crippen LogP contribution in [0.4, 0.5) is 5.69 Å². The molecule has 1 N–H and O–H groups in total. The van der Waals surface area contributed by atoms with E-state index in [1.54, 1.807) is 4.68 Å². The average molecular weight is 425 g/mol. The summed E-state index contributed by atoms with van der Waals surface area (Å²) < 4.78 is 25.8. The SMILES string of the molecule is Cc1ccc(NC(=O)c2cc(C3CC3)nc3c2c(C)nn3[C@@H]2CCS(=O)(=O)C2)cc1. The number of anilines is 1. The number of sulfone groups is 1. The molecule has 1 atom stereocenters. The van der Waals surface area contributed by atoms with Crippen LogP contribution in [0.2, 0.25) is 0 Å². The molecule has 0 unspecified atom stereocenters. The van der Waals surface area contributed by atoms with Crippen molar-refractivity contribution in [2.45, 2.75) is 45.1 Å². The molecule has 1 aromatic carbocycles. The van der Waals surface area contributed by atoms with Crippen molar-refractivity contribution < 1.29 is 13.2 Å². The molecule has 0 bridgehead atoms. The van der Waals surface area contributed by atoms with Crippen LogP contribution >= 0.6 is 0 Å². The number of fused-ring (bicyclic) bond motifs is 1. The number of hydrogen-bond donors (Lipinski definition) is 1. The minimum absolute atomic E-state index is 0.0729. The highest BCUT2D eigenvalue weighted by Gasteiger charge is 2.34. The average Bonchev–Trinajstić information content (AvgIpc) is 3.42. The fraction of sp³-hybridized carbons (Fsp3) is 0.409. The number of carbonyl (C=O) groups is 1. The summed E-state index contributed by atoms with van der Waals surface area (Å²) in [5, 5.41) is 8.32. The number of aromatic nitrogens is 3. The van der Waals surface area contributed by atoms with E-state index < -0.39 is 9.84 Å². The third-order valence-electron chi connectivity index (χ3n) is 5.96. The Hall–Kier alpha value is -2.74. The third kappa shape index (κ3) is 3.49. The maximum atomic E-state index is 13.2. The van der Waals surface area contributed by atoms with Crippen molar-refractivity contribution >= 4 is 32.5 Å². The van der Waals surface area contributed by atoms with Crippen LogP contribution in [0.15, 0.2) is 30.3 Å². The quantitative estimate of drug-likeness (QED) is 0.691. The summed E-state index contributed by atoms with van der Waals surface area (Å²) in [4.78, 5) is 18.1. The molecule has 1 saturated heterocycles. The van der Waals surface area contributed by atoms with Crippen LogP contribution in [-0.4, -0.2) is 40.6 Å². The molecular weight excluding hydrogens is 400 g/mol. The number of carbonyl (C=O) groups excluding carboxylic acids is 1. The van der Waals surface area contributed by atoms with Crippen LogP contribution in [0.3, 0.4) is 0 Å². The van der Waals surface area contributed by atoms with Crippen molar-refractivity contribution in [3.05, 3.63) is 52.8 Å². The minimum atomic E-state index is -3.06. The van der Waals surface area contributed by atoms with E-state index in [1.165, 1.54) is 0 Å². The molecule has 1 saturated carbocycles. The Morgan fingerprint density at radius 1 is 1.13 bits per heavy atom. The van der Waals surface area contributed by atoms with E-state index in [0.717, 1.165) is 29.8 Å². The molecule has 2 aliphatic rings. The van der Waals surface area contributed by atoms with Crippen molar-refractivity contribution in [1.29, 1.82) is 0 Å². The van der Waals surface area contributed by atoms with Crippen molar-refractivity contribution in [3.63, 3.8) is 0 Å². The molecule has 156 valence electrons. The van der Waals surface area contributed by atoms with Crippen LogP contribution in [0.25, 0.3) is 11.0 Å². The maximum absolute atomic E-state index is 13.2. The molecule has 1 aliphatic heterocycles. The summed E-state index contributed by atoms with van der Waals surface area (Å²) in [7, 11) is -3.06. The number of aryl methyl sites for hydroxylation is 2. The number of benzene rings is 1. The Kier molecular flexibility index (Phi) is 4.43. The molecule has 0 radical (unpaired) electrons. The Morgan fingerprint density at radius 2 is 1.87 bits per heavy atom. The molecule has 2 aromatic heterocycles. The zero-order chi connectivity index (χ0) is 21.0. The highest BCUT2D eigenvalue weighted by molar-refractivity contribution is 7.91. The highest BCUT2D eigenvalue weighted by Crippen LogP contribution is 2.41. The number of nitrogens with one attached hydrogen (secondary N) is 1. The van der Waals surface area contributed by atoms with E-state index in [1.807, 2.05) is 44.2 Å². The van der Waals surface area contributed by atoms with E-state index in [9.17, 15) is 13.2 Å². The lowest BCUT2D eigenvalue weighted by molar-refractivity contribution is 0.102. The predicted octanol–water partition coefficient (Wildman–Crippen LogP) is 3.54. The lowest BCUT2D eigenvalue weighted by atomic mass is 10.1. The van der Waals surface area contributed by atoms with Crippen LogP contribution < -0.4 is 5.32 Å². The van der Waals surface area contributed by atoms with E-state index in [-0.39, 0.29) is 23.5 Å². The molecule has 8 heteroatoms. The first-order chi connectivity index (χ1) is 14.3. The molecule has 2 fully saturated rings.